The monoisotopic (exact) mass is 369 g/mol. The summed E-state index contributed by atoms with van der Waals surface area (Å²) >= 11 is 0. The molecule has 0 amide bonds. The fourth-order valence-corrected chi connectivity index (χ4v) is 3.64. The minimum Gasteiger partial charge on any atom is -0.478 e. The lowest BCUT2D eigenvalue weighted by Gasteiger charge is -2.40. The van der Waals surface area contributed by atoms with E-state index in [9.17, 15) is 4.79 Å². The predicted molar refractivity (Wildman–Crippen MR) is 111 cm³/mol. The van der Waals surface area contributed by atoms with Crippen LogP contribution in [0.2, 0.25) is 0 Å². The molecule has 27 heavy (non-hydrogen) atoms. The van der Waals surface area contributed by atoms with E-state index in [0.717, 1.165) is 25.1 Å². The van der Waals surface area contributed by atoms with E-state index >= 15 is 0 Å². The van der Waals surface area contributed by atoms with Crippen molar-refractivity contribution in [3.05, 3.63) is 58.7 Å². The zero-order chi connectivity index (χ0) is 20.0. The van der Waals surface area contributed by atoms with Crippen LogP contribution in [0.15, 0.2) is 63.8 Å². The minimum absolute atomic E-state index is 0.144. The van der Waals surface area contributed by atoms with Crippen molar-refractivity contribution in [3.63, 3.8) is 0 Å². The highest BCUT2D eigenvalue weighted by molar-refractivity contribution is 5.81. The second kappa shape index (κ2) is 8.89. The maximum atomic E-state index is 10.6. The number of hydrogen-bond donors (Lipinski definition) is 2. The molecule has 0 aromatic carbocycles. The number of carbonyl (C=O) groups is 1. The zero-order valence-corrected chi connectivity index (χ0v) is 17.0. The maximum Gasteiger partial charge on any atom is 0.328 e. The molecular formula is C22H31N3O2. The summed E-state index contributed by atoms with van der Waals surface area (Å²) in [6.45, 7) is 11.4. The normalized spacial score (nSPS) is 23.6. The van der Waals surface area contributed by atoms with E-state index in [1.807, 2.05) is 12.2 Å². The maximum absolute atomic E-state index is 10.6. The van der Waals surface area contributed by atoms with Crippen LogP contribution in [0.3, 0.4) is 0 Å². The molecule has 5 heteroatoms. The van der Waals surface area contributed by atoms with Gasteiger partial charge in [0.05, 0.1) is 6.04 Å². The average molecular weight is 370 g/mol. The van der Waals surface area contributed by atoms with Crippen LogP contribution in [-0.4, -0.2) is 35.1 Å². The van der Waals surface area contributed by atoms with Gasteiger partial charge in [0, 0.05) is 6.08 Å². The first-order valence-corrected chi connectivity index (χ1v) is 9.39. The van der Waals surface area contributed by atoms with Gasteiger partial charge >= 0.3 is 5.97 Å². The molecule has 2 N–H and O–H groups in total. The molecular weight excluding hydrogens is 338 g/mol. The quantitative estimate of drug-likeness (QED) is 0.538. The van der Waals surface area contributed by atoms with Gasteiger partial charge in [-0.3, -0.25) is 5.01 Å². The van der Waals surface area contributed by atoms with Gasteiger partial charge in [0.1, 0.15) is 13.0 Å². The van der Waals surface area contributed by atoms with E-state index < -0.39 is 5.97 Å². The zero-order valence-electron chi connectivity index (χ0n) is 17.0. The summed E-state index contributed by atoms with van der Waals surface area (Å²) in [5.74, 6) is -0.924. The van der Waals surface area contributed by atoms with Gasteiger partial charge in [-0.2, -0.15) is 5.10 Å². The van der Waals surface area contributed by atoms with Crippen LogP contribution in [0.1, 0.15) is 47.5 Å². The molecule has 1 unspecified atom stereocenters. The Bertz CT molecular complexity index is 752. The lowest BCUT2D eigenvalue weighted by atomic mass is 9.70. The van der Waals surface area contributed by atoms with Crippen molar-refractivity contribution in [1.29, 1.82) is 0 Å². The number of carboxylic acids is 1. The van der Waals surface area contributed by atoms with Gasteiger partial charge in [0.2, 0.25) is 0 Å². The second-order valence-electron chi connectivity index (χ2n) is 7.91. The van der Waals surface area contributed by atoms with Gasteiger partial charge in [0.25, 0.3) is 0 Å². The van der Waals surface area contributed by atoms with Crippen LogP contribution in [0.4, 0.5) is 0 Å². The van der Waals surface area contributed by atoms with E-state index in [1.165, 1.54) is 17.2 Å². The second-order valence-corrected chi connectivity index (χ2v) is 7.91. The SMILES string of the molecule is CC(C=CC1=C(C)C(N2CNC=N2)CCC1(C)C)=CC=CC(C)=CC(=O)O. The van der Waals surface area contributed by atoms with Crippen LogP contribution in [0, 0.1) is 5.41 Å². The summed E-state index contributed by atoms with van der Waals surface area (Å²) in [6, 6.07) is 0.344. The summed E-state index contributed by atoms with van der Waals surface area (Å²) < 4.78 is 0. The van der Waals surface area contributed by atoms with E-state index in [0.29, 0.717) is 11.6 Å². The Morgan fingerprint density at radius 3 is 2.70 bits per heavy atom. The molecule has 146 valence electrons. The van der Waals surface area contributed by atoms with Crippen LogP contribution < -0.4 is 5.32 Å². The third-order valence-electron chi connectivity index (χ3n) is 5.19. The number of hydrazone groups is 1. The molecule has 0 bridgehead atoms. The molecule has 1 atom stereocenters. The highest BCUT2D eigenvalue weighted by Crippen LogP contribution is 2.42. The molecule has 0 aromatic rings. The standard InChI is InChI=1S/C22H31N3O2/c1-16(7-6-8-17(2)13-21(26)27)9-10-19-18(3)20(11-12-22(19,4)5)25-15-23-14-24-25/h6-10,13-14,20H,11-12,15H2,1-5H3,(H,23,24)(H,26,27). The van der Waals surface area contributed by atoms with E-state index in [-0.39, 0.29) is 5.41 Å². The molecule has 1 aliphatic heterocycles. The van der Waals surface area contributed by atoms with Crippen molar-refractivity contribution >= 4 is 12.3 Å². The van der Waals surface area contributed by atoms with Gasteiger partial charge in [-0.1, -0.05) is 49.8 Å². The highest BCUT2D eigenvalue weighted by atomic mass is 16.4. The molecule has 0 radical (unpaired) electrons. The molecule has 1 heterocycles. The first-order chi connectivity index (χ1) is 12.7. The largest absolute Gasteiger partial charge is 0.478 e. The van der Waals surface area contributed by atoms with Crippen molar-refractivity contribution in [3.8, 4) is 0 Å². The van der Waals surface area contributed by atoms with Gasteiger partial charge in [-0.25, -0.2) is 4.79 Å². The number of carboxylic acid groups (broad SMARTS) is 1. The van der Waals surface area contributed by atoms with E-state index in [4.69, 9.17) is 5.11 Å². The fourth-order valence-electron chi connectivity index (χ4n) is 3.64. The molecule has 2 aliphatic rings. The van der Waals surface area contributed by atoms with Crippen LogP contribution in [-0.2, 0) is 4.79 Å². The topological polar surface area (TPSA) is 64.9 Å². The third kappa shape index (κ3) is 5.71. The smallest absolute Gasteiger partial charge is 0.328 e. The third-order valence-corrected chi connectivity index (χ3v) is 5.19. The molecule has 0 fully saturated rings. The predicted octanol–water partition coefficient (Wildman–Crippen LogP) is 4.39. The van der Waals surface area contributed by atoms with E-state index in [1.54, 1.807) is 19.3 Å². The van der Waals surface area contributed by atoms with Crippen molar-refractivity contribution < 1.29 is 9.90 Å². The average Bonchev–Trinajstić information content (AvgIpc) is 3.07. The summed E-state index contributed by atoms with van der Waals surface area (Å²) in [7, 11) is 0. The molecule has 0 saturated carbocycles. The molecule has 2 rings (SSSR count). The summed E-state index contributed by atoms with van der Waals surface area (Å²) in [6.07, 6.45) is 15.2. The molecule has 1 aliphatic carbocycles. The molecule has 0 spiro atoms. The number of nitrogens with one attached hydrogen (secondary N) is 1. The first kappa shape index (κ1) is 20.7. The van der Waals surface area contributed by atoms with Crippen LogP contribution in [0.5, 0.6) is 0 Å². The Labute approximate surface area is 162 Å². The van der Waals surface area contributed by atoms with Crippen molar-refractivity contribution in [2.24, 2.45) is 10.5 Å². The van der Waals surface area contributed by atoms with E-state index in [2.05, 4.69) is 55.3 Å². The first-order valence-electron chi connectivity index (χ1n) is 9.39. The number of hydrogen-bond acceptors (Lipinski definition) is 4. The number of aliphatic carboxylic acids is 1. The Hall–Kier alpha value is -2.56. The molecule has 0 aromatic heterocycles. The van der Waals surface area contributed by atoms with Gasteiger partial charge in [-0.15, -0.1) is 0 Å². The Balaban J connectivity index is 2.17. The molecule has 0 saturated heterocycles. The molecule has 5 nitrogen and oxygen atoms in total. The Kier molecular flexibility index (Phi) is 6.83. The van der Waals surface area contributed by atoms with Crippen molar-refractivity contribution in [2.75, 3.05) is 6.67 Å². The highest BCUT2D eigenvalue weighted by Gasteiger charge is 2.34. The van der Waals surface area contributed by atoms with Crippen LogP contribution >= 0.6 is 0 Å². The summed E-state index contributed by atoms with van der Waals surface area (Å²) in [5.41, 5.74) is 4.73. The number of nitrogens with zero attached hydrogens (tertiary/aromatic N) is 2. The number of allylic oxidation sites excluding steroid dienone is 8. The van der Waals surface area contributed by atoms with Crippen molar-refractivity contribution in [2.45, 2.75) is 53.5 Å². The van der Waals surface area contributed by atoms with Gasteiger partial charge in [-0.05, 0) is 55.7 Å². The lowest BCUT2D eigenvalue weighted by molar-refractivity contribution is -0.131. The van der Waals surface area contributed by atoms with Crippen LogP contribution in [0.25, 0.3) is 0 Å². The van der Waals surface area contributed by atoms with Gasteiger partial charge in [0.15, 0.2) is 0 Å². The number of rotatable bonds is 6. The van der Waals surface area contributed by atoms with Crippen molar-refractivity contribution in [1.82, 2.24) is 10.3 Å². The minimum atomic E-state index is -0.924. The Morgan fingerprint density at radius 2 is 2.07 bits per heavy atom. The Morgan fingerprint density at radius 1 is 1.33 bits per heavy atom. The lowest BCUT2D eigenvalue weighted by Crippen LogP contribution is -2.38. The summed E-state index contributed by atoms with van der Waals surface area (Å²) in [5, 5.41) is 18.5. The fraction of sp³-hybridized carbons (Fsp3) is 0.455. The van der Waals surface area contributed by atoms with Gasteiger partial charge < -0.3 is 10.4 Å². The summed E-state index contributed by atoms with van der Waals surface area (Å²) in [4.78, 5) is 10.6.